The molecule has 3 rings (SSSR count). The number of hydrogen-bond acceptors (Lipinski definition) is 3. The van der Waals surface area contributed by atoms with Gasteiger partial charge in [-0.15, -0.1) is 0 Å². The Morgan fingerprint density at radius 2 is 1.79 bits per heavy atom. The van der Waals surface area contributed by atoms with E-state index in [4.69, 9.17) is 0 Å². The lowest BCUT2D eigenvalue weighted by atomic mass is 9.72. The van der Waals surface area contributed by atoms with Gasteiger partial charge in [-0.1, -0.05) is 12.1 Å². The zero-order valence-corrected chi connectivity index (χ0v) is 13.7. The van der Waals surface area contributed by atoms with Gasteiger partial charge in [0.15, 0.2) is 0 Å². The van der Waals surface area contributed by atoms with Crippen molar-refractivity contribution >= 4 is 11.6 Å². The summed E-state index contributed by atoms with van der Waals surface area (Å²) in [5.74, 6) is -3.15. The smallest absolute Gasteiger partial charge is 0.274 e. The number of anilines is 1. The number of carbonyl (C=O) groups excluding carboxylic acids is 1. The lowest BCUT2D eigenvalue weighted by molar-refractivity contribution is -0.128. The molecular weight excluding hydrogens is 316 g/mol. The SMILES string of the molecule is CC(F)(F)C(O)c1ccc(N2CCC3(CCC(O)CC3)C2=O)cc1. The van der Waals surface area contributed by atoms with Crippen molar-refractivity contribution in [3.8, 4) is 0 Å². The van der Waals surface area contributed by atoms with Gasteiger partial charge < -0.3 is 15.1 Å². The molecule has 6 heteroatoms. The Morgan fingerprint density at radius 1 is 1.21 bits per heavy atom. The normalized spacial score (nSPS) is 29.3. The van der Waals surface area contributed by atoms with Crippen molar-refractivity contribution in [2.75, 3.05) is 11.4 Å². The number of nitrogens with zero attached hydrogens (tertiary/aromatic N) is 1. The first-order valence-electron chi connectivity index (χ1n) is 8.39. The summed E-state index contributed by atoms with van der Waals surface area (Å²) in [5.41, 5.74) is 0.417. The molecule has 1 heterocycles. The average molecular weight is 339 g/mol. The summed E-state index contributed by atoms with van der Waals surface area (Å²) in [6, 6.07) is 6.11. The standard InChI is InChI=1S/C18H23F2NO3/c1-17(19,20)15(23)12-2-4-13(5-3-12)21-11-10-18(16(21)24)8-6-14(22)7-9-18/h2-5,14-15,22-23H,6-11H2,1H3. The largest absolute Gasteiger partial charge is 0.393 e. The van der Waals surface area contributed by atoms with Crippen LogP contribution in [0.4, 0.5) is 14.5 Å². The molecule has 1 amide bonds. The number of aliphatic hydroxyl groups is 2. The van der Waals surface area contributed by atoms with E-state index >= 15 is 0 Å². The van der Waals surface area contributed by atoms with Crippen LogP contribution in [0.2, 0.25) is 0 Å². The number of hydrogen-bond donors (Lipinski definition) is 2. The van der Waals surface area contributed by atoms with Crippen molar-refractivity contribution in [2.45, 2.75) is 57.2 Å². The number of rotatable bonds is 3. The van der Waals surface area contributed by atoms with Gasteiger partial charge in [-0.3, -0.25) is 4.79 Å². The lowest BCUT2D eigenvalue weighted by Gasteiger charge is -2.33. The fraction of sp³-hybridized carbons (Fsp3) is 0.611. The van der Waals surface area contributed by atoms with Crippen molar-refractivity contribution < 1.29 is 23.8 Å². The molecule has 1 spiro atoms. The van der Waals surface area contributed by atoms with E-state index < -0.39 is 12.0 Å². The summed E-state index contributed by atoms with van der Waals surface area (Å²) in [7, 11) is 0. The summed E-state index contributed by atoms with van der Waals surface area (Å²) in [6.45, 7) is 1.28. The molecule has 132 valence electrons. The Kier molecular flexibility index (Phi) is 4.38. The quantitative estimate of drug-likeness (QED) is 0.890. The van der Waals surface area contributed by atoms with Gasteiger partial charge in [-0.25, -0.2) is 8.78 Å². The molecule has 0 aromatic heterocycles. The number of aliphatic hydroxyl groups excluding tert-OH is 2. The summed E-state index contributed by atoms with van der Waals surface area (Å²) < 4.78 is 26.4. The third-order valence-electron chi connectivity index (χ3n) is 5.43. The predicted molar refractivity (Wildman–Crippen MR) is 85.9 cm³/mol. The van der Waals surface area contributed by atoms with E-state index in [1.54, 1.807) is 17.0 Å². The molecule has 2 aliphatic rings. The number of amides is 1. The minimum absolute atomic E-state index is 0.0588. The van der Waals surface area contributed by atoms with Crippen LogP contribution in [0.5, 0.6) is 0 Å². The Balaban J connectivity index is 1.75. The first-order chi connectivity index (χ1) is 11.2. The van der Waals surface area contributed by atoms with Crippen molar-refractivity contribution in [1.82, 2.24) is 0 Å². The second kappa shape index (κ2) is 6.08. The molecule has 2 fully saturated rings. The minimum Gasteiger partial charge on any atom is -0.393 e. The fourth-order valence-electron chi connectivity index (χ4n) is 3.82. The Hall–Kier alpha value is -1.53. The van der Waals surface area contributed by atoms with Crippen LogP contribution in [-0.4, -0.2) is 34.7 Å². The zero-order chi connectivity index (χ0) is 17.5. The van der Waals surface area contributed by atoms with Gasteiger partial charge in [0.05, 0.1) is 11.5 Å². The third kappa shape index (κ3) is 3.05. The van der Waals surface area contributed by atoms with E-state index in [2.05, 4.69) is 0 Å². The summed E-state index contributed by atoms with van der Waals surface area (Å²) >= 11 is 0. The van der Waals surface area contributed by atoms with E-state index in [0.29, 0.717) is 44.8 Å². The highest BCUT2D eigenvalue weighted by atomic mass is 19.3. The van der Waals surface area contributed by atoms with Gasteiger partial charge in [0.2, 0.25) is 5.91 Å². The van der Waals surface area contributed by atoms with Gasteiger partial charge in [0.25, 0.3) is 5.92 Å². The van der Waals surface area contributed by atoms with Crippen molar-refractivity contribution in [3.63, 3.8) is 0 Å². The van der Waals surface area contributed by atoms with E-state index in [0.717, 1.165) is 6.42 Å². The molecule has 1 aliphatic heterocycles. The predicted octanol–water partition coefficient (Wildman–Crippen LogP) is 3.03. The van der Waals surface area contributed by atoms with Crippen molar-refractivity contribution in [2.24, 2.45) is 5.41 Å². The van der Waals surface area contributed by atoms with Gasteiger partial charge in [-0.05, 0) is 49.8 Å². The monoisotopic (exact) mass is 339 g/mol. The zero-order valence-electron chi connectivity index (χ0n) is 13.7. The van der Waals surface area contributed by atoms with Crippen LogP contribution in [0.25, 0.3) is 0 Å². The maximum Gasteiger partial charge on any atom is 0.274 e. The second-order valence-corrected chi connectivity index (χ2v) is 7.17. The highest BCUT2D eigenvalue weighted by Crippen LogP contribution is 2.46. The maximum atomic E-state index is 13.2. The third-order valence-corrected chi connectivity index (χ3v) is 5.43. The first kappa shape index (κ1) is 17.3. The van der Waals surface area contributed by atoms with Crippen LogP contribution < -0.4 is 4.90 Å². The van der Waals surface area contributed by atoms with Gasteiger partial charge >= 0.3 is 0 Å². The van der Waals surface area contributed by atoms with E-state index in [9.17, 15) is 23.8 Å². The summed E-state index contributed by atoms with van der Waals surface area (Å²) in [6.07, 6.45) is 1.29. The van der Waals surface area contributed by atoms with E-state index in [-0.39, 0.29) is 23.0 Å². The molecule has 1 aromatic carbocycles. The van der Waals surface area contributed by atoms with Gasteiger partial charge in [-0.2, -0.15) is 0 Å². The molecule has 1 saturated heterocycles. The topological polar surface area (TPSA) is 60.8 Å². The average Bonchev–Trinajstić information content (AvgIpc) is 2.86. The Labute approximate surface area is 140 Å². The van der Waals surface area contributed by atoms with E-state index in [1.807, 2.05) is 0 Å². The second-order valence-electron chi connectivity index (χ2n) is 7.17. The molecule has 1 saturated carbocycles. The van der Waals surface area contributed by atoms with Crippen LogP contribution in [0.1, 0.15) is 50.7 Å². The lowest BCUT2D eigenvalue weighted by Crippen LogP contribution is -2.38. The van der Waals surface area contributed by atoms with E-state index in [1.165, 1.54) is 12.1 Å². The number of halogens is 2. The van der Waals surface area contributed by atoms with Crippen LogP contribution in [-0.2, 0) is 4.79 Å². The highest BCUT2D eigenvalue weighted by Gasteiger charge is 2.48. The number of carbonyl (C=O) groups is 1. The van der Waals surface area contributed by atoms with Crippen LogP contribution in [0, 0.1) is 5.41 Å². The molecule has 1 unspecified atom stereocenters. The molecule has 0 bridgehead atoms. The van der Waals surface area contributed by atoms with Gasteiger partial charge in [0.1, 0.15) is 6.10 Å². The van der Waals surface area contributed by atoms with Crippen LogP contribution >= 0.6 is 0 Å². The van der Waals surface area contributed by atoms with Gasteiger partial charge in [0, 0.05) is 19.2 Å². The van der Waals surface area contributed by atoms with Crippen molar-refractivity contribution in [3.05, 3.63) is 29.8 Å². The fourth-order valence-corrected chi connectivity index (χ4v) is 3.82. The molecule has 0 radical (unpaired) electrons. The number of alkyl halides is 2. The first-order valence-corrected chi connectivity index (χ1v) is 8.39. The molecule has 4 nitrogen and oxygen atoms in total. The summed E-state index contributed by atoms with van der Waals surface area (Å²) in [4.78, 5) is 14.5. The van der Waals surface area contributed by atoms with Crippen LogP contribution in [0.15, 0.2) is 24.3 Å². The molecular formula is C18H23F2NO3. The molecule has 24 heavy (non-hydrogen) atoms. The Morgan fingerprint density at radius 3 is 2.33 bits per heavy atom. The highest BCUT2D eigenvalue weighted by molar-refractivity contribution is 5.99. The summed E-state index contributed by atoms with van der Waals surface area (Å²) in [5, 5.41) is 19.3. The molecule has 1 aromatic rings. The Bertz CT molecular complexity index is 604. The van der Waals surface area contributed by atoms with Crippen molar-refractivity contribution in [1.29, 1.82) is 0 Å². The molecule has 1 atom stereocenters. The molecule has 1 aliphatic carbocycles. The van der Waals surface area contributed by atoms with Crippen LogP contribution in [0.3, 0.4) is 0 Å². The minimum atomic E-state index is -3.21. The molecule has 2 N–H and O–H groups in total. The maximum absolute atomic E-state index is 13.2. The number of benzene rings is 1.